The fourth-order valence-corrected chi connectivity index (χ4v) is 1.17. The molecule has 0 heterocycles. The summed E-state index contributed by atoms with van der Waals surface area (Å²) in [5.41, 5.74) is 0.857. The average Bonchev–Trinajstić information content (AvgIpc) is 2.15. The largest absolute Gasteiger partial charge is 0.573 e. The van der Waals surface area contributed by atoms with E-state index in [-0.39, 0.29) is 11.3 Å². The molecule has 5 heteroatoms. The third-order valence-electron chi connectivity index (χ3n) is 1.94. The summed E-state index contributed by atoms with van der Waals surface area (Å²) >= 11 is 0. The van der Waals surface area contributed by atoms with E-state index in [1.807, 2.05) is 6.92 Å². The molecule has 0 radical (unpaired) electrons. The highest BCUT2D eigenvalue weighted by atomic mass is 19.4. The average molecular weight is 220 g/mol. The lowest BCUT2D eigenvalue weighted by atomic mass is 10.1. The quantitative estimate of drug-likeness (QED) is 0.848. The Morgan fingerprint density at radius 3 is 2.47 bits per heavy atom. The van der Waals surface area contributed by atoms with Crippen molar-refractivity contribution in [3.05, 3.63) is 29.3 Å². The van der Waals surface area contributed by atoms with Gasteiger partial charge in [-0.1, -0.05) is 19.1 Å². The fraction of sp³-hybridized carbons (Fsp3) is 0.400. The van der Waals surface area contributed by atoms with Crippen molar-refractivity contribution in [1.29, 1.82) is 0 Å². The van der Waals surface area contributed by atoms with Gasteiger partial charge in [-0.3, -0.25) is 0 Å². The predicted molar refractivity (Wildman–Crippen MR) is 48.4 cm³/mol. The number of aliphatic hydroxyl groups excluding tert-OH is 1. The number of aliphatic hydroxyl groups is 1. The molecule has 1 N–H and O–H groups in total. The lowest BCUT2D eigenvalue weighted by Crippen LogP contribution is -2.18. The molecule has 0 saturated heterocycles. The number of hydrogen-bond donors (Lipinski definition) is 1. The molecule has 0 saturated carbocycles. The molecule has 2 nitrogen and oxygen atoms in total. The first-order chi connectivity index (χ1) is 6.96. The van der Waals surface area contributed by atoms with Gasteiger partial charge in [0.2, 0.25) is 0 Å². The smallest absolute Gasteiger partial charge is 0.405 e. The van der Waals surface area contributed by atoms with Gasteiger partial charge in [0.1, 0.15) is 5.75 Å². The van der Waals surface area contributed by atoms with Crippen LogP contribution in [0.2, 0.25) is 0 Å². The molecule has 84 valence electrons. The molecular weight excluding hydrogens is 209 g/mol. The number of alkyl halides is 3. The van der Waals surface area contributed by atoms with Crippen LogP contribution in [0.15, 0.2) is 18.2 Å². The Bertz CT molecular complexity index is 334. The van der Waals surface area contributed by atoms with E-state index < -0.39 is 13.0 Å². The second kappa shape index (κ2) is 4.53. The summed E-state index contributed by atoms with van der Waals surface area (Å²) in [6, 6.07) is 4.38. The van der Waals surface area contributed by atoms with Gasteiger partial charge in [-0.2, -0.15) is 0 Å². The molecule has 0 unspecified atom stereocenters. The van der Waals surface area contributed by atoms with Crippen molar-refractivity contribution in [2.45, 2.75) is 26.3 Å². The molecule has 1 rings (SSSR count). The maximum atomic E-state index is 12.0. The molecule has 0 atom stereocenters. The van der Waals surface area contributed by atoms with Crippen LogP contribution in [0.5, 0.6) is 5.75 Å². The van der Waals surface area contributed by atoms with E-state index in [1.165, 1.54) is 12.1 Å². The molecule has 0 bridgehead atoms. The van der Waals surface area contributed by atoms with Gasteiger partial charge in [-0.15, -0.1) is 13.2 Å². The van der Waals surface area contributed by atoms with Crippen LogP contribution in [0.25, 0.3) is 0 Å². The Labute approximate surface area is 85.3 Å². The Balaban J connectivity index is 3.01. The minimum absolute atomic E-state index is 0.129. The third-order valence-corrected chi connectivity index (χ3v) is 1.94. The van der Waals surface area contributed by atoms with Crippen LogP contribution in [0.4, 0.5) is 13.2 Å². The first-order valence-corrected chi connectivity index (χ1v) is 4.44. The van der Waals surface area contributed by atoms with Crippen LogP contribution in [0.1, 0.15) is 18.1 Å². The summed E-state index contributed by atoms with van der Waals surface area (Å²) in [4.78, 5) is 0. The van der Waals surface area contributed by atoms with Crippen LogP contribution in [-0.4, -0.2) is 11.5 Å². The van der Waals surface area contributed by atoms with Gasteiger partial charge in [0.05, 0.1) is 6.61 Å². The summed E-state index contributed by atoms with van der Waals surface area (Å²) in [6.45, 7) is 1.35. The molecule has 0 aliphatic carbocycles. The van der Waals surface area contributed by atoms with Crippen LogP contribution in [0.3, 0.4) is 0 Å². The molecule has 0 aliphatic heterocycles. The van der Waals surface area contributed by atoms with Gasteiger partial charge in [0.25, 0.3) is 0 Å². The molecule has 1 aromatic carbocycles. The van der Waals surface area contributed by atoms with Crippen LogP contribution >= 0.6 is 0 Å². The van der Waals surface area contributed by atoms with Crippen molar-refractivity contribution in [3.63, 3.8) is 0 Å². The van der Waals surface area contributed by atoms with E-state index in [2.05, 4.69) is 4.74 Å². The number of rotatable bonds is 3. The molecule has 0 spiro atoms. The first-order valence-electron chi connectivity index (χ1n) is 4.44. The van der Waals surface area contributed by atoms with Gasteiger partial charge in [-0.25, -0.2) is 0 Å². The van der Waals surface area contributed by atoms with Crippen molar-refractivity contribution in [2.24, 2.45) is 0 Å². The standard InChI is InChI=1S/C10H11F3O2/c1-2-7-3-4-8(6-14)9(5-7)15-10(11,12)13/h3-5,14H,2,6H2,1H3. The summed E-state index contributed by atoms with van der Waals surface area (Å²) < 4.78 is 39.8. The molecular formula is C10H11F3O2. The second-order valence-corrected chi connectivity index (χ2v) is 3.00. The van der Waals surface area contributed by atoms with Crippen LogP contribution < -0.4 is 4.74 Å². The summed E-state index contributed by atoms with van der Waals surface area (Å²) in [5.74, 6) is -0.329. The van der Waals surface area contributed by atoms with E-state index in [4.69, 9.17) is 5.11 Å². The molecule has 0 aliphatic rings. The van der Waals surface area contributed by atoms with Gasteiger partial charge in [-0.05, 0) is 18.1 Å². The number of ether oxygens (including phenoxy) is 1. The minimum Gasteiger partial charge on any atom is -0.405 e. The Morgan fingerprint density at radius 1 is 1.33 bits per heavy atom. The highest BCUT2D eigenvalue weighted by molar-refractivity contribution is 5.37. The third kappa shape index (κ3) is 3.43. The van der Waals surface area contributed by atoms with Crippen LogP contribution in [0, 0.1) is 0 Å². The summed E-state index contributed by atoms with van der Waals surface area (Å²) in [6.07, 6.45) is -4.11. The Kier molecular flexibility index (Phi) is 3.57. The van der Waals surface area contributed by atoms with E-state index in [0.717, 1.165) is 5.56 Å². The molecule has 1 aromatic rings. The zero-order valence-electron chi connectivity index (χ0n) is 8.14. The van der Waals surface area contributed by atoms with Crippen LogP contribution in [-0.2, 0) is 13.0 Å². The predicted octanol–water partition coefficient (Wildman–Crippen LogP) is 2.64. The molecule has 0 amide bonds. The van der Waals surface area contributed by atoms with Crippen molar-refractivity contribution in [2.75, 3.05) is 0 Å². The molecule has 15 heavy (non-hydrogen) atoms. The topological polar surface area (TPSA) is 29.5 Å². The monoisotopic (exact) mass is 220 g/mol. The van der Waals surface area contributed by atoms with Crippen molar-refractivity contribution in [1.82, 2.24) is 0 Å². The van der Waals surface area contributed by atoms with Crippen molar-refractivity contribution >= 4 is 0 Å². The lowest BCUT2D eigenvalue weighted by molar-refractivity contribution is -0.275. The Hall–Kier alpha value is -1.23. The molecule has 0 fully saturated rings. The van der Waals surface area contributed by atoms with Gasteiger partial charge < -0.3 is 9.84 Å². The first kappa shape index (κ1) is 11.8. The maximum Gasteiger partial charge on any atom is 0.573 e. The van der Waals surface area contributed by atoms with Crippen molar-refractivity contribution in [3.8, 4) is 5.75 Å². The zero-order chi connectivity index (χ0) is 11.5. The Morgan fingerprint density at radius 2 is 2.00 bits per heavy atom. The zero-order valence-corrected chi connectivity index (χ0v) is 8.14. The number of benzene rings is 1. The van der Waals surface area contributed by atoms with E-state index in [1.54, 1.807) is 6.07 Å². The molecule has 0 aromatic heterocycles. The highest BCUT2D eigenvalue weighted by Crippen LogP contribution is 2.27. The van der Waals surface area contributed by atoms with Gasteiger partial charge >= 0.3 is 6.36 Å². The number of aryl methyl sites for hydroxylation is 1. The normalized spacial score (nSPS) is 11.5. The van der Waals surface area contributed by atoms with E-state index in [0.29, 0.717) is 6.42 Å². The number of halogens is 3. The second-order valence-electron chi connectivity index (χ2n) is 3.00. The number of hydrogen-bond acceptors (Lipinski definition) is 2. The van der Waals surface area contributed by atoms with Crippen molar-refractivity contribution < 1.29 is 23.0 Å². The highest BCUT2D eigenvalue weighted by Gasteiger charge is 2.32. The van der Waals surface area contributed by atoms with E-state index in [9.17, 15) is 13.2 Å². The SMILES string of the molecule is CCc1ccc(CO)c(OC(F)(F)F)c1. The van der Waals surface area contributed by atoms with Gasteiger partial charge in [0.15, 0.2) is 0 Å². The van der Waals surface area contributed by atoms with Gasteiger partial charge in [0, 0.05) is 5.56 Å². The fourth-order valence-electron chi connectivity index (χ4n) is 1.17. The lowest BCUT2D eigenvalue weighted by Gasteiger charge is -2.13. The summed E-state index contributed by atoms with van der Waals surface area (Å²) in [5, 5.41) is 8.83. The van der Waals surface area contributed by atoms with E-state index >= 15 is 0 Å². The minimum atomic E-state index is -4.73. The maximum absolute atomic E-state index is 12.0. The summed E-state index contributed by atoms with van der Waals surface area (Å²) in [7, 11) is 0.